The Hall–Kier alpha value is -1.53. The third kappa shape index (κ3) is 3.17. The topological polar surface area (TPSA) is 66.6 Å². The van der Waals surface area contributed by atoms with Crippen LogP contribution in [0, 0.1) is 17.3 Å². The number of amides is 1. The summed E-state index contributed by atoms with van der Waals surface area (Å²) >= 11 is 0. The maximum Gasteiger partial charge on any atom is 0.259 e. The summed E-state index contributed by atoms with van der Waals surface area (Å²) in [6, 6.07) is 8.61. The van der Waals surface area contributed by atoms with E-state index >= 15 is 0 Å². The lowest BCUT2D eigenvalue weighted by molar-refractivity contribution is -0.162. The number of hydrogen-bond donors (Lipinski definition) is 2. The predicted molar refractivity (Wildman–Crippen MR) is 98.0 cm³/mol. The molecular weight excluding hydrogens is 350 g/mol. The third-order valence-electron chi connectivity index (χ3n) is 7.22. The Bertz CT molecular complexity index is 703. The number of halogens is 2. The lowest BCUT2D eigenvalue weighted by Gasteiger charge is -2.41. The van der Waals surface area contributed by atoms with Gasteiger partial charge >= 0.3 is 0 Å². The summed E-state index contributed by atoms with van der Waals surface area (Å²) in [4.78, 5) is 15.1. The fourth-order valence-electron chi connectivity index (χ4n) is 5.31. The first-order valence-corrected chi connectivity index (χ1v) is 9.96. The minimum Gasteiger partial charge on any atom is -0.375 e. The molecule has 3 unspecified atom stereocenters. The predicted octanol–water partition coefficient (Wildman–Crippen LogP) is 2.90. The first-order valence-electron chi connectivity index (χ1n) is 9.96. The quantitative estimate of drug-likeness (QED) is 0.847. The highest BCUT2D eigenvalue weighted by Crippen LogP contribution is 2.59. The highest BCUT2D eigenvalue weighted by molar-refractivity contribution is 5.87. The van der Waals surface area contributed by atoms with Crippen LogP contribution in [-0.4, -0.2) is 41.5 Å². The number of alkyl halides is 2. The van der Waals surface area contributed by atoms with E-state index in [9.17, 15) is 18.7 Å². The molecule has 27 heavy (non-hydrogen) atoms. The van der Waals surface area contributed by atoms with Crippen molar-refractivity contribution < 1.29 is 18.7 Å². The second kappa shape index (κ2) is 6.52. The number of carbonyl (C=O) groups excluding carboxylic acids is 1. The van der Waals surface area contributed by atoms with Crippen LogP contribution in [0.2, 0.25) is 0 Å². The lowest BCUT2D eigenvalue weighted by atomic mass is 9.78. The van der Waals surface area contributed by atoms with Crippen molar-refractivity contribution in [1.82, 2.24) is 4.90 Å². The largest absolute Gasteiger partial charge is 0.375 e. The molecule has 0 aromatic heterocycles. The zero-order valence-corrected chi connectivity index (χ0v) is 15.5. The molecule has 0 radical (unpaired) electrons. The van der Waals surface area contributed by atoms with E-state index in [2.05, 4.69) is 0 Å². The van der Waals surface area contributed by atoms with Gasteiger partial charge in [-0.2, -0.15) is 0 Å². The molecule has 3 fully saturated rings. The van der Waals surface area contributed by atoms with Crippen molar-refractivity contribution in [3.63, 3.8) is 0 Å². The van der Waals surface area contributed by atoms with Gasteiger partial charge in [0.1, 0.15) is 0 Å². The Morgan fingerprint density at radius 1 is 1.19 bits per heavy atom. The average molecular weight is 378 g/mol. The van der Waals surface area contributed by atoms with Gasteiger partial charge in [0.05, 0.1) is 0 Å². The molecule has 1 heterocycles. The molecule has 2 aliphatic carbocycles. The molecule has 4 rings (SSSR count). The van der Waals surface area contributed by atoms with E-state index in [0.29, 0.717) is 31.1 Å². The van der Waals surface area contributed by atoms with Gasteiger partial charge in [0, 0.05) is 31.8 Å². The number of carbonyl (C=O) groups is 1. The zero-order valence-electron chi connectivity index (χ0n) is 15.5. The van der Waals surface area contributed by atoms with Gasteiger partial charge in [-0.1, -0.05) is 30.3 Å². The molecule has 4 nitrogen and oxygen atoms in total. The summed E-state index contributed by atoms with van der Waals surface area (Å²) in [5.74, 6) is -3.47. The Labute approximate surface area is 158 Å². The van der Waals surface area contributed by atoms with Crippen molar-refractivity contribution in [3.05, 3.63) is 35.9 Å². The van der Waals surface area contributed by atoms with E-state index in [-0.39, 0.29) is 18.3 Å². The molecule has 148 valence electrons. The molecule has 1 aliphatic heterocycles. The van der Waals surface area contributed by atoms with Gasteiger partial charge in [-0.15, -0.1) is 0 Å². The first-order chi connectivity index (χ1) is 12.8. The minimum atomic E-state index is -2.82. The monoisotopic (exact) mass is 378 g/mol. The van der Waals surface area contributed by atoms with Gasteiger partial charge < -0.3 is 15.7 Å². The maximum absolute atomic E-state index is 13.9. The van der Waals surface area contributed by atoms with Crippen LogP contribution in [0.3, 0.4) is 0 Å². The summed E-state index contributed by atoms with van der Waals surface area (Å²) in [6.45, 7) is 1.81. The number of piperidine rings is 1. The number of benzene rings is 1. The molecule has 0 bridgehead atoms. The molecule has 2 saturated carbocycles. The molecule has 3 aliphatic rings. The molecule has 1 aromatic rings. The van der Waals surface area contributed by atoms with E-state index in [4.69, 9.17) is 5.73 Å². The molecule has 6 heteroatoms. The van der Waals surface area contributed by atoms with E-state index in [1.54, 1.807) is 35.2 Å². The van der Waals surface area contributed by atoms with E-state index in [1.165, 1.54) is 0 Å². The van der Waals surface area contributed by atoms with Crippen LogP contribution in [0.15, 0.2) is 30.3 Å². The van der Waals surface area contributed by atoms with Crippen LogP contribution < -0.4 is 5.73 Å². The van der Waals surface area contributed by atoms with Crippen molar-refractivity contribution in [3.8, 4) is 0 Å². The van der Waals surface area contributed by atoms with Crippen LogP contribution in [0.25, 0.3) is 0 Å². The molecule has 3 N–H and O–H groups in total. The number of rotatable bonds is 4. The number of likely N-dealkylation sites (tertiary alicyclic amines) is 1. The molecule has 1 amide bonds. The Morgan fingerprint density at radius 3 is 2.37 bits per heavy atom. The summed E-state index contributed by atoms with van der Waals surface area (Å²) in [5.41, 5.74) is 4.59. The van der Waals surface area contributed by atoms with Crippen LogP contribution in [0.4, 0.5) is 8.78 Å². The van der Waals surface area contributed by atoms with Crippen LogP contribution in [0.1, 0.15) is 44.1 Å². The summed E-state index contributed by atoms with van der Waals surface area (Å²) in [5, 5.41) is 11.5. The van der Waals surface area contributed by atoms with E-state index < -0.39 is 29.8 Å². The number of aliphatic hydroxyl groups is 1. The van der Waals surface area contributed by atoms with Crippen molar-refractivity contribution in [1.29, 1.82) is 0 Å². The molecular formula is C21H28F2N2O2. The van der Waals surface area contributed by atoms with Gasteiger partial charge in [0.25, 0.3) is 5.91 Å². The first kappa shape index (κ1) is 18.8. The smallest absolute Gasteiger partial charge is 0.259 e. The minimum absolute atomic E-state index is 0.150. The standard InChI is InChI=1S/C21H28F2N2O2/c22-20(23)7-6-16(13-20)21(27,15-4-2-1-3-5-15)18(26)25-10-8-19(9-11-25)12-17(19)14-24/h1-5,16-17,27H,6-14,24H2. The van der Waals surface area contributed by atoms with Gasteiger partial charge in [0.15, 0.2) is 5.60 Å². The fraction of sp³-hybridized carbons (Fsp3) is 0.667. The second-order valence-corrected chi connectivity index (χ2v) is 8.72. The number of hydrogen-bond acceptors (Lipinski definition) is 3. The number of nitrogens with two attached hydrogens (primary N) is 1. The summed E-state index contributed by atoms with van der Waals surface area (Å²) in [7, 11) is 0. The Kier molecular flexibility index (Phi) is 4.54. The average Bonchev–Trinajstić information content (AvgIpc) is 3.23. The highest BCUT2D eigenvalue weighted by atomic mass is 19.3. The highest BCUT2D eigenvalue weighted by Gasteiger charge is 2.57. The van der Waals surface area contributed by atoms with Gasteiger partial charge in [-0.05, 0) is 49.1 Å². The Balaban J connectivity index is 1.57. The molecule has 1 spiro atoms. The van der Waals surface area contributed by atoms with Crippen LogP contribution >= 0.6 is 0 Å². The van der Waals surface area contributed by atoms with Crippen molar-refractivity contribution in [2.24, 2.45) is 23.0 Å². The van der Waals surface area contributed by atoms with Crippen molar-refractivity contribution in [2.75, 3.05) is 19.6 Å². The lowest BCUT2D eigenvalue weighted by Crippen LogP contribution is -2.53. The van der Waals surface area contributed by atoms with Gasteiger partial charge in [-0.3, -0.25) is 4.79 Å². The summed E-state index contributed by atoms with van der Waals surface area (Å²) < 4.78 is 27.8. The van der Waals surface area contributed by atoms with Crippen molar-refractivity contribution >= 4 is 5.91 Å². The summed E-state index contributed by atoms with van der Waals surface area (Å²) in [6.07, 6.45) is 2.30. The molecule has 1 aromatic carbocycles. The van der Waals surface area contributed by atoms with E-state index in [0.717, 1.165) is 19.3 Å². The van der Waals surface area contributed by atoms with Gasteiger partial charge in [-0.25, -0.2) is 8.78 Å². The third-order valence-corrected chi connectivity index (χ3v) is 7.22. The van der Waals surface area contributed by atoms with Crippen LogP contribution in [-0.2, 0) is 10.4 Å². The maximum atomic E-state index is 13.9. The molecule has 1 saturated heterocycles. The SMILES string of the molecule is NCC1CC12CCN(C(=O)C(O)(c1ccccc1)C1CCC(F)(F)C1)CC2. The van der Waals surface area contributed by atoms with Crippen LogP contribution in [0.5, 0.6) is 0 Å². The number of nitrogens with zero attached hydrogens (tertiary/aromatic N) is 1. The molecule has 3 atom stereocenters. The van der Waals surface area contributed by atoms with Gasteiger partial charge in [0.2, 0.25) is 5.92 Å². The van der Waals surface area contributed by atoms with E-state index in [1.807, 2.05) is 0 Å². The van der Waals surface area contributed by atoms with Crippen molar-refractivity contribution in [2.45, 2.75) is 50.0 Å². The second-order valence-electron chi connectivity index (χ2n) is 8.72. The fourth-order valence-corrected chi connectivity index (χ4v) is 5.31. The normalized spacial score (nSPS) is 30.9. The Morgan fingerprint density at radius 2 is 1.85 bits per heavy atom. The zero-order chi connectivity index (χ0) is 19.3.